The molecule has 0 bridgehead atoms. The fraction of sp³-hybridized carbons (Fsp3) is 0.0847. The first-order valence-corrected chi connectivity index (χ1v) is 21.9. The highest BCUT2D eigenvalue weighted by molar-refractivity contribution is 6.09. The number of furan rings is 1. The van der Waals surface area contributed by atoms with Crippen molar-refractivity contribution in [1.82, 2.24) is 0 Å². The van der Waals surface area contributed by atoms with Crippen molar-refractivity contribution < 1.29 is 13.9 Å². The van der Waals surface area contributed by atoms with E-state index in [2.05, 4.69) is 200 Å². The van der Waals surface area contributed by atoms with Gasteiger partial charge in [-0.1, -0.05) is 176 Å². The molecule has 8 aromatic carbocycles. The summed E-state index contributed by atoms with van der Waals surface area (Å²) in [6.45, 7) is 5.89. The summed E-state index contributed by atoms with van der Waals surface area (Å²) < 4.78 is 19.1. The van der Waals surface area contributed by atoms with E-state index in [1.54, 1.807) is 0 Å². The molecule has 2 heterocycles. The molecule has 9 aromatic rings. The number of benzene rings is 8. The Morgan fingerprint density at radius 3 is 2.05 bits per heavy atom. The monoisotopic (exact) mass is 845 g/mol. The molecule has 316 valence electrons. The minimum Gasteiger partial charge on any atom is -0.455 e. The van der Waals surface area contributed by atoms with E-state index in [0.29, 0.717) is 0 Å². The topological polar surface area (TPSA) is 93.8 Å². The standard InChI is InChI=1S/C32H22O2.C26H21NO.CH4N2/c1-21-16-18-27-29(20-21)33-28-19-17-26-30(31(28)34-27)24-14-8-9-15-25(24)32(26,22-10-4-2-5-11-22)23-12-6-3-7-13-23;1-27-25(19-8-3-2-4-9-19)20-16-14-18(15-17-20)21-11-7-12-23-22-10-5-6-13-24(22)28-26(21)23;2-1-3/h2-20H,1H3;2-3,5-8,10-17,25H,1,4,9H2;1H,(H3,2,3). The first-order chi connectivity index (χ1) is 32.0. The van der Waals surface area contributed by atoms with E-state index in [9.17, 15) is 0 Å². The molecule has 0 spiro atoms. The number of nitrogens with two attached hydrogens (primary N) is 1. The van der Waals surface area contributed by atoms with Crippen LogP contribution in [-0.2, 0) is 5.41 Å². The van der Waals surface area contributed by atoms with Gasteiger partial charge in [0.2, 0.25) is 0 Å². The van der Waals surface area contributed by atoms with E-state index in [1.807, 2.05) is 24.3 Å². The van der Waals surface area contributed by atoms with Crippen molar-refractivity contribution in [3.05, 3.63) is 239 Å². The van der Waals surface area contributed by atoms with Crippen LogP contribution in [0.2, 0.25) is 0 Å². The maximum Gasteiger partial charge on any atom is 0.178 e. The Bertz CT molecular complexity index is 3240. The van der Waals surface area contributed by atoms with Crippen molar-refractivity contribution in [2.24, 2.45) is 10.7 Å². The Hall–Kier alpha value is -8.22. The van der Waals surface area contributed by atoms with Crippen molar-refractivity contribution in [2.45, 2.75) is 31.2 Å². The second-order valence-electron chi connectivity index (χ2n) is 16.4. The van der Waals surface area contributed by atoms with Gasteiger partial charge < -0.3 is 19.6 Å². The third kappa shape index (κ3) is 7.19. The highest BCUT2D eigenvalue weighted by atomic mass is 16.6. The number of ether oxygens (including phenoxy) is 2. The molecule has 0 radical (unpaired) electrons. The molecule has 65 heavy (non-hydrogen) atoms. The first-order valence-electron chi connectivity index (χ1n) is 21.9. The molecule has 0 fully saturated rings. The fourth-order valence-electron chi connectivity index (χ4n) is 9.78. The Morgan fingerprint density at radius 1 is 0.662 bits per heavy atom. The van der Waals surface area contributed by atoms with Crippen molar-refractivity contribution >= 4 is 35.0 Å². The fourth-order valence-corrected chi connectivity index (χ4v) is 9.78. The van der Waals surface area contributed by atoms with Gasteiger partial charge in [-0.2, -0.15) is 0 Å². The van der Waals surface area contributed by atoms with Crippen molar-refractivity contribution in [2.75, 3.05) is 0 Å². The Balaban J connectivity index is 0.000000147. The predicted octanol–water partition coefficient (Wildman–Crippen LogP) is 15.1. The van der Waals surface area contributed by atoms with Gasteiger partial charge in [-0.25, -0.2) is 0 Å². The quantitative estimate of drug-likeness (QED) is 0.129. The minimum atomic E-state index is -0.444. The number of aliphatic imine (C=N–C) groups is 1. The maximum atomic E-state index is 6.57. The van der Waals surface area contributed by atoms with Crippen LogP contribution in [0.15, 0.2) is 215 Å². The van der Waals surface area contributed by atoms with Crippen LogP contribution in [0.5, 0.6) is 23.0 Å². The van der Waals surface area contributed by atoms with E-state index < -0.39 is 5.41 Å². The average Bonchev–Trinajstić information content (AvgIpc) is 3.90. The SMILES string of the molecule is C=NC(C1=CC=CCC1)c1ccc(-c2cccc3c2oc2ccccc23)cc1.Cc1ccc2c(c1)Oc1ccc3c(c1O2)-c1ccccc1C3(c1ccccc1)c1ccccc1.N=CN. The summed E-state index contributed by atoms with van der Waals surface area (Å²) >= 11 is 0. The maximum absolute atomic E-state index is 6.57. The number of allylic oxidation sites excluding steroid dienone is 3. The van der Waals surface area contributed by atoms with Gasteiger partial charge in [0.05, 0.1) is 17.8 Å². The van der Waals surface area contributed by atoms with Gasteiger partial charge in [0.1, 0.15) is 11.2 Å². The predicted molar refractivity (Wildman–Crippen MR) is 266 cm³/mol. The lowest BCUT2D eigenvalue weighted by Gasteiger charge is -2.34. The molecule has 1 unspecified atom stereocenters. The lowest BCUT2D eigenvalue weighted by molar-refractivity contribution is 0.360. The zero-order valence-electron chi connectivity index (χ0n) is 36.1. The third-order valence-electron chi connectivity index (χ3n) is 12.6. The summed E-state index contributed by atoms with van der Waals surface area (Å²) in [5, 5.41) is 8.17. The molecule has 0 saturated carbocycles. The van der Waals surface area contributed by atoms with E-state index in [0.717, 1.165) is 86.4 Å². The third-order valence-corrected chi connectivity index (χ3v) is 12.6. The van der Waals surface area contributed by atoms with Gasteiger partial charge in [0.25, 0.3) is 0 Å². The van der Waals surface area contributed by atoms with Gasteiger partial charge in [0.15, 0.2) is 23.0 Å². The summed E-state index contributed by atoms with van der Waals surface area (Å²) in [6, 6.07) is 63.8. The molecule has 3 N–H and O–H groups in total. The number of nitrogens with one attached hydrogen (secondary N) is 1. The van der Waals surface area contributed by atoms with Crippen LogP contribution in [-0.4, -0.2) is 13.1 Å². The number of hydrogen-bond acceptors (Lipinski definition) is 5. The van der Waals surface area contributed by atoms with Crippen LogP contribution in [0.25, 0.3) is 44.2 Å². The molecule has 1 atom stereocenters. The Labute approximate surface area is 379 Å². The lowest BCUT2D eigenvalue weighted by Crippen LogP contribution is -2.28. The smallest absolute Gasteiger partial charge is 0.178 e. The van der Waals surface area contributed by atoms with Crippen LogP contribution >= 0.6 is 0 Å². The molecule has 1 aliphatic heterocycles. The van der Waals surface area contributed by atoms with Gasteiger partial charge in [-0.05, 0) is 101 Å². The molecule has 1 aromatic heterocycles. The normalized spacial score (nSPS) is 14.0. The van der Waals surface area contributed by atoms with Gasteiger partial charge in [-0.15, -0.1) is 0 Å². The number of fused-ring (bicyclic) bond motifs is 9. The van der Waals surface area contributed by atoms with Crippen LogP contribution in [0.4, 0.5) is 0 Å². The second kappa shape index (κ2) is 17.5. The highest BCUT2D eigenvalue weighted by Gasteiger charge is 2.48. The molecular weight excluding hydrogens is 799 g/mol. The minimum absolute atomic E-state index is 0.0287. The first kappa shape index (κ1) is 40.8. The summed E-state index contributed by atoms with van der Waals surface area (Å²) in [5.74, 6) is 3.05. The highest BCUT2D eigenvalue weighted by Crippen LogP contribution is 2.62. The van der Waals surface area contributed by atoms with Crippen molar-refractivity contribution in [3.63, 3.8) is 0 Å². The Kier molecular flexibility index (Phi) is 11.0. The van der Waals surface area contributed by atoms with Crippen LogP contribution in [0.1, 0.15) is 52.3 Å². The number of aryl methyl sites for hydroxylation is 1. The molecular formula is C59H47N3O3. The van der Waals surface area contributed by atoms with Gasteiger partial charge in [-0.3, -0.25) is 10.4 Å². The number of hydrogen-bond donors (Lipinski definition) is 2. The molecule has 6 nitrogen and oxygen atoms in total. The van der Waals surface area contributed by atoms with E-state index in [-0.39, 0.29) is 6.04 Å². The van der Waals surface area contributed by atoms with Crippen LogP contribution < -0.4 is 15.2 Å². The van der Waals surface area contributed by atoms with E-state index >= 15 is 0 Å². The molecule has 3 aliphatic rings. The summed E-state index contributed by atoms with van der Waals surface area (Å²) in [7, 11) is 0. The molecule has 12 rings (SSSR count). The lowest BCUT2D eigenvalue weighted by atomic mass is 9.68. The number of rotatable bonds is 6. The van der Waals surface area contributed by atoms with Crippen molar-refractivity contribution in [1.29, 1.82) is 5.41 Å². The molecule has 0 saturated heterocycles. The van der Waals surface area contributed by atoms with E-state index in [1.165, 1.54) is 39.0 Å². The van der Waals surface area contributed by atoms with Gasteiger partial charge in [0, 0.05) is 21.9 Å². The Morgan fingerprint density at radius 2 is 1.32 bits per heavy atom. The number of para-hydroxylation sites is 2. The summed E-state index contributed by atoms with van der Waals surface area (Å²) in [4.78, 5) is 4.39. The largest absolute Gasteiger partial charge is 0.455 e. The van der Waals surface area contributed by atoms with E-state index in [4.69, 9.17) is 19.3 Å². The molecule has 6 heteroatoms. The zero-order chi connectivity index (χ0) is 44.3. The van der Waals surface area contributed by atoms with Crippen molar-refractivity contribution in [3.8, 4) is 45.3 Å². The van der Waals surface area contributed by atoms with Gasteiger partial charge >= 0.3 is 0 Å². The van der Waals surface area contributed by atoms with Crippen LogP contribution in [0, 0.1) is 12.3 Å². The summed E-state index contributed by atoms with van der Waals surface area (Å²) in [6.07, 6.45) is 9.35. The summed E-state index contributed by atoms with van der Waals surface area (Å²) in [5.41, 5.74) is 18.9. The molecule has 0 amide bonds. The second-order valence-corrected chi connectivity index (χ2v) is 16.4. The molecule has 2 aliphatic carbocycles. The zero-order valence-corrected chi connectivity index (χ0v) is 36.1. The van der Waals surface area contributed by atoms with Crippen LogP contribution in [0.3, 0.4) is 0 Å². The number of nitrogens with zero attached hydrogens (tertiary/aromatic N) is 1. The average molecular weight is 846 g/mol.